The number of nitrogens with zero attached hydrogens (tertiary/aromatic N) is 1. The molecule has 0 aromatic heterocycles. The molecule has 2 fully saturated rings. The number of likely N-dealkylation sites (tertiary alicyclic amines) is 1. The van der Waals surface area contributed by atoms with Crippen LogP contribution in [0.25, 0.3) is 0 Å². The number of anilines is 1. The molecule has 3 aliphatic heterocycles. The van der Waals surface area contributed by atoms with Gasteiger partial charge in [-0.25, -0.2) is 0 Å². The average molecular weight is 350 g/mol. The van der Waals surface area contributed by atoms with Gasteiger partial charge in [-0.05, 0) is 75.5 Å². The molecule has 1 spiro atoms. The predicted molar refractivity (Wildman–Crippen MR) is 98.9 cm³/mol. The Hall–Kier alpha value is -0.810. The summed E-state index contributed by atoms with van der Waals surface area (Å²) in [6.07, 6.45) is 4.71. The van der Waals surface area contributed by atoms with Crippen LogP contribution in [0, 0.1) is 5.92 Å². The van der Waals surface area contributed by atoms with Crippen molar-refractivity contribution < 1.29 is 5.11 Å². The Bertz CT molecular complexity index is 580. The Morgan fingerprint density at radius 2 is 2.00 bits per heavy atom. The lowest BCUT2D eigenvalue weighted by molar-refractivity contribution is 0.0377. The largest absolute Gasteiger partial charge is 0.395 e. The van der Waals surface area contributed by atoms with Crippen LogP contribution in [-0.2, 0) is 5.41 Å². The molecular formula is C19H28ClN3O. The number of fused-ring (bicyclic) bond motifs is 2. The highest BCUT2D eigenvalue weighted by atomic mass is 35.5. The second-order valence-corrected chi connectivity index (χ2v) is 8.13. The zero-order valence-electron chi connectivity index (χ0n) is 14.2. The molecular weight excluding hydrogens is 322 g/mol. The number of hydrogen-bond donors (Lipinski definition) is 3. The summed E-state index contributed by atoms with van der Waals surface area (Å²) in [4.78, 5) is 2.55. The lowest BCUT2D eigenvalue weighted by atomic mass is 9.73. The molecule has 2 saturated heterocycles. The van der Waals surface area contributed by atoms with Crippen LogP contribution in [0.15, 0.2) is 18.2 Å². The maximum absolute atomic E-state index is 9.99. The number of halogens is 1. The zero-order valence-corrected chi connectivity index (χ0v) is 15.0. The van der Waals surface area contributed by atoms with E-state index >= 15 is 0 Å². The van der Waals surface area contributed by atoms with E-state index in [-0.39, 0.29) is 5.41 Å². The number of benzene rings is 1. The minimum absolute atomic E-state index is 0.255. The summed E-state index contributed by atoms with van der Waals surface area (Å²) < 4.78 is 0. The van der Waals surface area contributed by atoms with Gasteiger partial charge in [0.2, 0.25) is 0 Å². The number of nitrogens with one attached hydrogen (secondary N) is 2. The second kappa shape index (κ2) is 6.83. The molecule has 3 N–H and O–H groups in total. The standard InChI is InChI=1S/C19H28ClN3O/c20-15-1-2-16-17(11-15)22-13-19(16)5-9-23(10-6-19)18(12-24)14-3-7-21-8-4-14/h1-2,11,14,18,21-22,24H,3-10,12-13H2. The molecule has 0 saturated carbocycles. The second-order valence-electron chi connectivity index (χ2n) is 7.70. The number of rotatable bonds is 3. The minimum atomic E-state index is 0.255. The van der Waals surface area contributed by atoms with E-state index in [2.05, 4.69) is 27.7 Å². The first kappa shape index (κ1) is 16.6. The molecule has 24 heavy (non-hydrogen) atoms. The quantitative estimate of drug-likeness (QED) is 0.784. The lowest BCUT2D eigenvalue weighted by Gasteiger charge is -2.45. The van der Waals surface area contributed by atoms with E-state index in [0.717, 1.165) is 50.6 Å². The summed E-state index contributed by atoms with van der Waals surface area (Å²) in [5, 5.41) is 17.8. The van der Waals surface area contributed by atoms with Crippen molar-refractivity contribution in [1.29, 1.82) is 0 Å². The molecule has 3 aliphatic rings. The first-order chi connectivity index (χ1) is 11.7. The molecule has 0 aliphatic carbocycles. The fourth-order valence-electron chi connectivity index (χ4n) is 5.01. The van der Waals surface area contributed by atoms with Crippen molar-refractivity contribution in [2.75, 3.05) is 44.6 Å². The van der Waals surface area contributed by atoms with Crippen LogP contribution < -0.4 is 10.6 Å². The van der Waals surface area contributed by atoms with Crippen LogP contribution in [0.2, 0.25) is 5.02 Å². The van der Waals surface area contributed by atoms with E-state index in [1.165, 1.54) is 24.1 Å². The Morgan fingerprint density at radius 1 is 1.25 bits per heavy atom. The van der Waals surface area contributed by atoms with Gasteiger partial charge in [-0.3, -0.25) is 4.90 Å². The first-order valence-electron chi connectivity index (χ1n) is 9.31. The van der Waals surface area contributed by atoms with Crippen molar-refractivity contribution in [1.82, 2.24) is 10.2 Å². The number of aliphatic hydroxyl groups is 1. The van der Waals surface area contributed by atoms with Crippen LogP contribution in [0.5, 0.6) is 0 Å². The Balaban J connectivity index is 1.45. The molecule has 0 amide bonds. The third-order valence-corrected chi connectivity index (χ3v) is 6.74. The SMILES string of the molecule is OCC(C1CCNCC1)N1CCC2(CC1)CNc1cc(Cl)ccc12. The number of piperidine rings is 2. The third-order valence-electron chi connectivity index (χ3n) is 6.51. The van der Waals surface area contributed by atoms with E-state index in [0.29, 0.717) is 18.6 Å². The fourth-order valence-corrected chi connectivity index (χ4v) is 5.18. The van der Waals surface area contributed by atoms with Gasteiger partial charge in [0.05, 0.1) is 6.61 Å². The predicted octanol–water partition coefficient (Wildman–Crippen LogP) is 2.46. The smallest absolute Gasteiger partial charge is 0.0589 e. The average Bonchev–Trinajstić information content (AvgIpc) is 2.96. The zero-order chi connectivity index (χ0) is 16.6. The molecule has 5 heteroatoms. The summed E-state index contributed by atoms with van der Waals surface area (Å²) in [6.45, 7) is 5.67. The summed E-state index contributed by atoms with van der Waals surface area (Å²) in [6, 6.07) is 6.63. The van der Waals surface area contributed by atoms with Crippen molar-refractivity contribution in [3.05, 3.63) is 28.8 Å². The Morgan fingerprint density at radius 3 is 2.71 bits per heavy atom. The lowest BCUT2D eigenvalue weighted by Crippen LogP contribution is -2.52. The highest BCUT2D eigenvalue weighted by molar-refractivity contribution is 6.30. The monoisotopic (exact) mass is 349 g/mol. The van der Waals surface area contributed by atoms with Crippen LogP contribution in [-0.4, -0.2) is 55.4 Å². The van der Waals surface area contributed by atoms with Gasteiger partial charge in [-0.2, -0.15) is 0 Å². The van der Waals surface area contributed by atoms with Gasteiger partial charge in [-0.1, -0.05) is 17.7 Å². The number of aliphatic hydroxyl groups excluding tert-OH is 1. The first-order valence-corrected chi connectivity index (χ1v) is 9.69. The maximum atomic E-state index is 9.99. The van der Waals surface area contributed by atoms with Crippen molar-refractivity contribution >= 4 is 17.3 Å². The topological polar surface area (TPSA) is 47.5 Å². The van der Waals surface area contributed by atoms with Gasteiger partial charge in [0.1, 0.15) is 0 Å². The van der Waals surface area contributed by atoms with Gasteiger partial charge in [0.15, 0.2) is 0 Å². The molecule has 4 rings (SSSR count). The van der Waals surface area contributed by atoms with Gasteiger partial charge < -0.3 is 15.7 Å². The summed E-state index contributed by atoms with van der Waals surface area (Å²) in [7, 11) is 0. The third kappa shape index (κ3) is 2.94. The normalized spacial score (nSPS) is 25.4. The van der Waals surface area contributed by atoms with E-state index in [4.69, 9.17) is 11.6 Å². The molecule has 4 nitrogen and oxygen atoms in total. The van der Waals surface area contributed by atoms with Crippen molar-refractivity contribution in [3.8, 4) is 0 Å². The highest BCUT2D eigenvalue weighted by Gasteiger charge is 2.43. The molecule has 0 bridgehead atoms. The van der Waals surface area contributed by atoms with E-state index in [1.807, 2.05) is 6.07 Å². The van der Waals surface area contributed by atoms with Crippen molar-refractivity contribution in [2.24, 2.45) is 5.92 Å². The Labute approximate surface area is 149 Å². The highest BCUT2D eigenvalue weighted by Crippen LogP contribution is 2.45. The molecule has 1 atom stereocenters. The van der Waals surface area contributed by atoms with Crippen LogP contribution in [0.1, 0.15) is 31.2 Å². The van der Waals surface area contributed by atoms with Gasteiger partial charge in [0, 0.05) is 28.7 Å². The Kier molecular flexibility index (Phi) is 4.74. The molecule has 1 unspecified atom stereocenters. The van der Waals surface area contributed by atoms with Crippen LogP contribution >= 0.6 is 11.6 Å². The molecule has 132 valence electrons. The fraction of sp³-hybridized carbons (Fsp3) is 0.684. The molecule has 1 aromatic carbocycles. The van der Waals surface area contributed by atoms with E-state index in [9.17, 15) is 5.11 Å². The van der Waals surface area contributed by atoms with E-state index < -0.39 is 0 Å². The molecule has 3 heterocycles. The molecule has 0 radical (unpaired) electrons. The summed E-state index contributed by atoms with van der Waals surface area (Å²) in [5.41, 5.74) is 2.91. The van der Waals surface area contributed by atoms with Crippen molar-refractivity contribution in [2.45, 2.75) is 37.1 Å². The van der Waals surface area contributed by atoms with Gasteiger partial charge in [-0.15, -0.1) is 0 Å². The van der Waals surface area contributed by atoms with Gasteiger partial charge in [0.25, 0.3) is 0 Å². The number of hydrogen-bond acceptors (Lipinski definition) is 4. The van der Waals surface area contributed by atoms with Crippen molar-refractivity contribution in [3.63, 3.8) is 0 Å². The summed E-state index contributed by atoms with van der Waals surface area (Å²) >= 11 is 6.14. The van der Waals surface area contributed by atoms with Crippen LogP contribution in [0.4, 0.5) is 5.69 Å². The van der Waals surface area contributed by atoms with Crippen LogP contribution in [0.3, 0.4) is 0 Å². The minimum Gasteiger partial charge on any atom is -0.395 e. The summed E-state index contributed by atoms with van der Waals surface area (Å²) in [5.74, 6) is 0.637. The van der Waals surface area contributed by atoms with Gasteiger partial charge >= 0.3 is 0 Å². The molecule has 1 aromatic rings. The maximum Gasteiger partial charge on any atom is 0.0589 e. The van der Waals surface area contributed by atoms with E-state index in [1.54, 1.807) is 0 Å².